The summed E-state index contributed by atoms with van der Waals surface area (Å²) >= 11 is 0. The van der Waals surface area contributed by atoms with E-state index in [1.165, 1.54) is 13.2 Å². The number of carbonyl (C=O) groups excluding carboxylic acids is 1. The zero-order chi connectivity index (χ0) is 13.1. The Morgan fingerprint density at radius 1 is 1.50 bits per heavy atom. The Balaban J connectivity index is 2.18. The molecule has 1 aromatic rings. The summed E-state index contributed by atoms with van der Waals surface area (Å²) in [4.78, 5) is 14.2. The second kappa shape index (κ2) is 5.29. The Morgan fingerprint density at radius 2 is 2.22 bits per heavy atom. The van der Waals surface area contributed by atoms with Crippen molar-refractivity contribution in [2.75, 3.05) is 13.7 Å². The molecule has 0 unspecified atom stereocenters. The van der Waals surface area contributed by atoms with Crippen molar-refractivity contribution < 1.29 is 14.6 Å². The van der Waals surface area contributed by atoms with E-state index < -0.39 is 0 Å². The first-order chi connectivity index (χ1) is 8.67. The quantitative estimate of drug-likeness (QED) is 0.871. The van der Waals surface area contributed by atoms with Gasteiger partial charge in [-0.1, -0.05) is 6.92 Å². The fourth-order valence-corrected chi connectivity index (χ4v) is 2.07. The minimum Gasteiger partial charge on any atom is -0.504 e. The fourth-order valence-electron chi connectivity index (χ4n) is 2.07. The number of amides is 1. The number of methoxy groups -OCH3 is 1. The molecular weight excluding hydrogens is 230 g/mol. The van der Waals surface area contributed by atoms with Crippen LogP contribution in [0.5, 0.6) is 11.5 Å². The van der Waals surface area contributed by atoms with E-state index in [1.54, 1.807) is 12.1 Å². The van der Waals surface area contributed by atoms with Crippen LogP contribution in [0.4, 0.5) is 0 Å². The normalized spacial score (nSPS) is 14.3. The number of hydrogen-bond acceptors (Lipinski definition) is 3. The molecule has 2 rings (SSSR count). The highest BCUT2D eigenvalue weighted by molar-refractivity contribution is 5.95. The van der Waals surface area contributed by atoms with Crippen LogP contribution in [0.1, 0.15) is 36.5 Å². The fraction of sp³-hybridized carbons (Fsp3) is 0.500. The number of phenolic OH excluding ortho intramolecular Hbond substituents is 1. The van der Waals surface area contributed by atoms with Gasteiger partial charge in [-0.15, -0.1) is 0 Å². The molecule has 0 atom stereocenters. The number of hydrogen-bond donors (Lipinski definition) is 1. The average Bonchev–Trinajstić information content (AvgIpc) is 3.19. The molecule has 0 heterocycles. The molecule has 0 radical (unpaired) electrons. The summed E-state index contributed by atoms with van der Waals surface area (Å²) in [5, 5.41) is 9.71. The summed E-state index contributed by atoms with van der Waals surface area (Å²) in [6, 6.07) is 5.19. The molecule has 0 spiro atoms. The molecule has 0 aliphatic heterocycles. The van der Waals surface area contributed by atoms with Crippen LogP contribution in [-0.2, 0) is 0 Å². The summed E-state index contributed by atoms with van der Waals surface area (Å²) in [5.74, 6) is 0.396. The molecule has 18 heavy (non-hydrogen) atoms. The van der Waals surface area contributed by atoms with Crippen LogP contribution in [0.3, 0.4) is 0 Å². The zero-order valence-corrected chi connectivity index (χ0v) is 10.8. The van der Waals surface area contributed by atoms with Crippen molar-refractivity contribution in [3.63, 3.8) is 0 Å². The maximum absolute atomic E-state index is 12.3. The Hall–Kier alpha value is -1.71. The molecule has 0 bridgehead atoms. The molecule has 1 aliphatic rings. The summed E-state index contributed by atoms with van der Waals surface area (Å²) in [6.45, 7) is 2.84. The van der Waals surface area contributed by atoms with Gasteiger partial charge in [0.15, 0.2) is 11.5 Å². The van der Waals surface area contributed by atoms with Gasteiger partial charge in [0.05, 0.1) is 7.11 Å². The number of ether oxygens (including phenoxy) is 1. The van der Waals surface area contributed by atoms with Crippen LogP contribution in [-0.4, -0.2) is 35.6 Å². The lowest BCUT2D eigenvalue weighted by molar-refractivity contribution is 0.0742. The summed E-state index contributed by atoms with van der Waals surface area (Å²) in [7, 11) is 1.49. The van der Waals surface area contributed by atoms with Crippen molar-refractivity contribution in [3.8, 4) is 11.5 Å². The van der Waals surface area contributed by atoms with Crippen LogP contribution in [0.15, 0.2) is 18.2 Å². The smallest absolute Gasteiger partial charge is 0.254 e. The van der Waals surface area contributed by atoms with E-state index in [-0.39, 0.29) is 11.7 Å². The third-order valence-electron chi connectivity index (χ3n) is 3.14. The van der Waals surface area contributed by atoms with Gasteiger partial charge in [-0.05, 0) is 37.5 Å². The molecule has 4 heteroatoms. The van der Waals surface area contributed by atoms with Gasteiger partial charge < -0.3 is 14.7 Å². The highest BCUT2D eigenvalue weighted by Crippen LogP contribution is 2.31. The summed E-state index contributed by atoms with van der Waals surface area (Å²) in [6.07, 6.45) is 3.13. The van der Waals surface area contributed by atoms with Crippen LogP contribution in [0.2, 0.25) is 0 Å². The maximum atomic E-state index is 12.3. The first-order valence-electron chi connectivity index (χ1n) is 6.35. The van der Waals surface area contributed by atoms with E-state index in [2.05, 4.69) is 6.92 Å². The molecule has 1 fully saturated rings. The summed E-state index contributed by atoms with van der Waals surface area (Å²) < 4.78 is 4.97. The third-order valence-corrected chi connectivity index (χ3v) is 3.14. The van der Waals surface area contributed by atoms with Crippen molar-refractivity contribution in [2.24, 2.45) is 0 Å². The van der Waals surface area contributed by atoms with Gasteiger partial charge in [0.25, 0.3) is 5.91 Å². The van der Waals surface area contributed by atoms with Crippen molar-refractivity contribution in [1.82, 2.24) is 4.90 Å². The number of benzene rings is 1. The van der Waals surface area contributed by atoms with Gasteiger partial charge in [0.1, 0.15) is 0 Å². The Labute approximate surface area is 107 Å². The lowest BCUT2D eigenvalue weighted by atomic mass is 10.1. The molecule has 98 valence electrons. The van der Waals surface area contributed by atoms with E-state index >= 15 is 0 Å². The number of phenols is 1. The van der Waals surface area contributed by atoms with Gasteiger partial charge in [-0.25, -0.2) is 0 Å². The number of rotatable bonds is 5. The second-order valence-corrected chi connectivity index (χ2v) is 4.62. The maximum Gasteiger partial charge on any atom is 0.254 e. The van der Waals surface area contributed by atoms with Crippen molar-refractivity contribution in [3.05, 3.63) is 23.8 Å². The number of aromatic hydroxyl groups is 1. The molecule has 1 aliphatic carbocycles. The molecule has 0 aromatic heterocycles. The third kappa shape index (κ3) is 2.58. The van der Waals surface area contributed by atoms with Crippen LogP contribution in [0, 0.1) is 0 Å². The minimum absolute atomic E-state index is 0.00250. The monoisotopic (exact) mass is 249 g/mol. The van der Waals surface area contributed by atoms with E-state index in [4.69, 9.17) is 4.74 Å². The Morgan fingerprint density at radius 3 is 2.72 bits per heavy atom. The van der Waals surface area contributed by atoms with Gasteiger partial charge >= 0.3 is 0 Å². The van der Waals surface area contributed by atoms with E-state index in [0.717, 1.165) is 25.8 Å². The van der Waals surface area contributed by atoms with Crippen molar-refractivity contribution in [2.45, 2.75) is 32.2 Å². The standard InChI is InChI=1S/C14H19NO3/c1-3-8-15(11-5-6-11)14(17)10-4-7-13(18-2)12(16)9-10/h4,7,9,11,16H,3,5-6,8H2,1-2H3. The average molecular weight is 249 g/mol. The molecule has 1 aromatic carbocycles. The minimum atomic E-state index is -0.00250. The second-order valence-electron chi connectivity index (χ2n) is 4.62. The number of nitrogens with zero attached hydrogens (tertiary/aromatic N) is 1. The molecular formula is C14H19NO3. The van der Waals surface area contributed by atoms with Gasteiger partial charge in [0.2, 0.25) is 0 Å². The van der Waals surface area contributed by atoms with Crippen molar-refractivity contribution >= 4 is 5.91 Å². The highest BCUT2D eigenvalue weighted by atomic mass is 16.5. The topological polar surface area (TPSA) is 49.8 Å². The van der Waals surface area contributed by atoms with E-state index in [1.807, 2.05) is 4.90 Å². The first-order valence-corrected chi connectivity index (χ1v) is 6.35. The SMILES string of the molecule is CCCN(C(=O)c1ccc(OC)c(O)c1)C1CC1. The van der Waals surface area contributed by atoms with E-state index in [9.17, 15) is 9.90 Å². The zero-order valence-electron chi connectivity index (χ0n) is 10.8. The molecule has 1 saturated carbocycles. The van der Waals surface area contributed by atoms with Crippen LogP contribution < -0.4 is 4.74 Å². The molecule has 4 nitrogen and oxygen atoms in total. The molecule has 1 amide bonds. The van der Waals surface area contributed by atoms with Crippen LogP contribution >= 0.6 is 0 Å². The number of carbonyl (C=O) groups is 1. The van der Waals surface area contributed by atoms with Crippen LogP contribution in [0.25, 0.3) is 0 Å². The van der Waals surface area contributed by atoms with Gasteiger partial charge in [0, 0.05) is 18.2 Å². The summed E-state index contributed by atoms with van der Waals surface area (Å²) in [5.41, 5.74) is 0.522. The Bertz CT molecular complexity index is 441. The predicted octanol–water partition coefficient (Wildman–Crippen LogP) is 2.42. The van der Waals surface area contributed by atoms with Gasteiger partial charge in [-0.3, -0.25) is 4.79 Å². The lowest BCUT2D eigenvalue weighted by Crippen LogP contribution is -2.33. The highest BCUT2D eigenvalue weighted by Gasteiger charge is 2.32. The predicted molar refractivity (Wildman–Crippen MR) is 69.0 cm³/mol. The first kappa shape index (κ1) is 12.7. The molecule has 1 N–H and O–H groups in total. The van der Waals surface area contributed by atoms with Gasteiger partial charge in [-0.2, -0.15) is 0 Å². The van der Waals surface area contributed by atoms with Crippen molar-refractivity contribution in [1.29, 1.82) is 0 Å². The lowest BCUT2D eigenvalue weighted by Gasteiger charge is -2.22. The Kier molecular flexibility index (Phi) is 3.75. The molecule has 0 saturated heterocycles. The largest absolute Gasteiger partial charge is 0.504 e. The van der Waals surface area contributed by atoms with E-state index in [0.29, 0.717) is 17.4 Å².